The van der Waals surface area contributed by atoms with Crippen LogP contribution in [0.1, 0.15) is 49.7 Å². The maximum atomic E-state index is 12.5. The second-order valence-corrected chi connectivity index (χ2v) is 9.05. The Morgan fingerprint density at radius 3 is 2.48 bits per heavy atom. The maximum Gasteiger partial charge on any atom is 0.240 e. The first kappa shape index (κ1) is 21.0. The topological polar surface area (TPSA) is 99.1 Å². The molecule has 0 spiro atoms. The third-order valence-electron chi connectivity index (χ3n) is 5.08. The summed E-state index contributed by atoms with van der Waals surface area (Å²) in [5, 5.41) is 11.7. The first-order valence-corrected chi connectivity index (χ1v) is 11.4. The van der Waals surface area contributed by atoms with E-state index >= 15 is 0 Å². The van der Waals surface area contributed by atoms with Crippen LogP contribution in [0, 0.1) is 11.3 Å². The molecule has 152 valence electrons. The summed E-state index contributed by atoms with van der Waals surface area (Å²) in [6, 6.07) is 15.5. The molecule has 1 saturated carbocycles. The second-order valence-electron chi connectivity index (χ2n) is 7.34. The summed E-state index contributed by atoms with van der Waals surface area (Å²) in [4.78, 5) is 12.4. The van der Waals surface area contributed by atoms with Gasteiger partial charge in [0, 0.05) is 18.2 Å². The van der Waals surface area contributed by atoms with Crippen molar-refractivity contribution in [2.45, 2.75) is 55.9 Å². The van der Waals surface area contributed by atoms with Crippen molar-refractivity contribution in [3.63, 3.8) is 0 Å². The van der Waals surface area contributed by atoms with Gasteiger partial charge in [-0.3, -0.25) is 4.79 Å². The van der Waals surface area contributed by atoms with Crippen molar-refractivity contribution < 1.29 is 13.2 Å². The van der Waals surface area contributed by atoms with Gasteiger partial charge in [-0.25, -0.2) is 13.1 Å². The lowest BCUT2D eigenvalue weighted by Crippen LogP contribution is -2.36. The van der Waals surface area contributed by atoms with Crippen LogP contribution in [0.4, 0.5) is 5.69 Å². The van der Waals surface area contributed by atoms with Gasteiger partial charge in [-0.05, 0) is 55.2 Å². The molecule has 0 saturated heterocycles. The Morgan fingerprint density at radius 2 is 1.79 bits per heavy atom. The van der Waals surface area contributed by atoms with Crippen LogP contribution in [0.5, 0.6) is 0 Å². The summed E-state index contributed by atoms with van der Waals surface area (Å²) in [5.74, 6) is -0.157. The number of aryl methyl sites for hydroxylation is 1. The highest BCUT2D eigenvalue weighted by Gasteiger charge is 2.21. The standard InChI is InChI=1S/C22H25N3O3S/c23-16-18-5-4-8-20(15-18)24-22(26)14-11-17-9-12-21(13-10-17)29(27,28)25-19-6-2-1-3-7-19/h4-5,8-10,12-13,15,19,25H,1-3,6-7,11,14H2,(H,24,26). The summed E-state index contributed by atoms with van der Waals surface area (Å²) < 4.78 is 27.9. The van der Waals surface area contributed by atoms with E-state index in [0.717, 1.165) is 31.2 Å². The van der Waals surface area contributed by atoms with Crippen molar-refractivity contribution >= 4 is 21.6 Å². The van der Waals surface area contributed by atoms with Crippen LogP contribution in [-0.4, -0.2) is 20.4 Å². The number of nitriles is 1. The van der Waals surface area contributed by atoms with Crippen molar-refractivity contribution in [1.29, 1.82) is 5.26 Å². The number of carbonyl (C=O) groups is 1. The third kappa shape index (κ3) is 6.14. The molecular formula is C22H25N3O3S. The quantitative estimate of drug-likeness (QED) is 0.725. The van der Waals surface area contributed by atoms with Crippen molar-refractivity contribution in [2.24, 2.45) is 0 Å². The lowest BCUT2D eigenvalue weighted by molar-refractivity contribution is -0.116. The average molecular weight is 412 g/mol. The van der Waals surface area contributed by atoms with E-state index in [1.54, 1.807) is 48.5 Å². The molecule has 0 atom stereocenters. The van der Waals surface area contributed by atoms with Gasteiger partial charge in [0.15, 0.2) is 0 Å². The second kappa shape index (κ2) is 9.68. The van der Waals surface area contributed by atoms with Crippen molar-refractivity contribution in [1.82, 2.24) is 4.72 Å². The molecule has 29 heavy (non-hydrogen) atoms. The summed E-state index contributed by atoms with van der Waals surface area (Å²) in [6.45, 7) is 0. The Labute approximate surface area is 172 Å². The molecule has 2 aromatic carbocycles. The molecule has 0 aliphatic heterocycles. The van der Waals surface area contributed by atoms with E-state index in [2.05, 4.69) is 10.0 Å². The van der Waals surface area contributed by atoms with E-state index in [0.29, 0.717) is 17.7 Å². The van der Waals surface area contributed by atoms with Crippen LogP contribution >= 0.6 is 0 Å². The first-order chi connectivity index (χ1) is 14.0. The van der Waals surface area contributed by atoms with Gasteiger partial charge in [0.1, 0.15) is 0 Å². The Kier molecular flexibility index (Phi) is 7.02. The molecule has 1 aliphatic rings. The van der Waals surface area contributed by atoms with E-state index < -0.39 is 10.0 Å². The molecule has 0 aromatic heterocycles. The van der Waals surface area contributed by atoms with Gasteiger partial charge < -0.3 is 5.32 Å². The van der Waals surface area contributed by atoms with Crippen molar-refractivity contribution in [2.75, 3.05) is 5.32 Å². The predicted octanol–water partition coefficient (Wildman–Crippen LogP) is 3.74. The molecule has 2 aromatic rings. The van der Waals surface area contributed by atoms with Crippen molar-refractivity contribution in [3.8, 4) is 6.07 Å². The molecule has 2 N–H and O–H groups in total. The number of hydrogen-bond acceptors (Lipinski definition) is 4. The highest BCUT2D eigenvalue weighted by atomic mass is 32.2. The SMILES string of the molecule is N#Cc1cccc(NC(=O)CCc2ccc(S(=O)(=O)NC3CCCCC3)cc2)c1. The highest BCUT2D eigenvalue weighted by Crippen LogP contribution is 2.20. The largest absolute Gasteiger partial charge is 0.326 e. The molecule has 6 nitrogen and oxygen atoms in total. The number of rotatable bonds is 7. The Hall–Kier alpha value is -2.69. The molecule has 1 aliphatic carbocycles. The monoisotopic (exact) mass is 411 g/mol. The van der Waals surface area contributed by atoms with Crippen LogP contribution in [0.25, 0.3) is 0 Å². The van der Waals surface area contributed by atoms with Crippen LogP contribution in [-0.2, 0) is 21.2 Å². The van der Waals surface area contributed by atoms with Gasteiger partial charge in [-0.2, -0.15) is 5.26 Å². The fourth-order valence-corrected chi connectivity index (χ4v) is 4.80. The Bertz CT molecular complexity index is 989. The van der Waals surface area contributed by atoms with E-state index in [1.165, 1.54) is 6.42 Å². The molecular weight excluding hydrogens is 386 g/mol. The number of nitrogens with one attached hydrogen (secondary N) is 2. The molecule has 7 heteroatoms. The number of nitrogens with zero attached hydrogens (tertiary/aromatic N) is 1. The lowest BCUT2D eigenvalue weighted by Gasteiger charge is -2.22. The van der Waals surface area contributed by atoms with Crippen LogP contribution in [0.15, 0.2) is 53.4 Å². The van der Waals surface area contributed by atoms with E-state index in [-0.39, 0.29) is 23.3 Å². The molecule has 1 amide bonds. The minimum Gasteiger partial charge on any atom is -0.326 e. The van der Waals surface area contributed by atoms with Crippen molar-refractivity contribution in [3.05, 3.63) is 59.7 Å². The zero-order valence-electron chi connectivity index (χ0n) is 16.2. The average Bonchev–Trinajstić information content (AvgIpc) is 2.73. The number of carbonyl (C=O) groups excluding carboxylic acids is 1. The van der Waals surface area contributed by atoms with Gasteiger partial charge in [0.25, 0.3) is 0 Å². The molecule has 3 rings (SSSR count). The van der Waals surface area contributed by atoms with Gasteiger partial charge in [0.05, 0.1) is 16.5 Å². The lowest BCUT2D eigenvalue weighted by atomic mass is 9.96. The Balaban J connectivity index is 1.53. The minimum atomic E-state index is -3.51. The first-order valence-electron chi connectivity index (χ1n) is 9.87. The molecule has 1 fully saturated rings. The number of sulfonamides is 1. The van der Waals surface area contributed by atoms with E-state index in [9.17, 15) is 13.2 Å². The predicted molar refractivity (Wildman–Crippen MR) is 112 cm³/mol. The molecule has 0 heterocycles. The number of anilines is 1. The van der Waals surface area contributed by atoms with Gasteiger partial charge >= 0.3 is 0 Å². The van der Waals surface area contributed by atoms with Gasteiger partial charge in [-0.1, -0.05) is 37.5 Å². The maximum absolute atomic E-state index is 12.5. The van der Waals surface area contributed by atoms with Gasteiger partial charge in [0.2, 0.25) is 15.9 Å². The highest BCUT2D eigenvalue weighted by molar-refractivity contribution is 7.89. The zero-order chi connectivity index (χ0) is 20.7. The summed E-state index contributed by atoms with van der Waals surface area (Å²) >= 11 is 0. The summed E-state index contributed by atoms with van der Waals surface area (Å²) in [5.41, 5.74) is 1.97. The van der Waals surface area contributed by atoms with Crippen LogP contribution in [0.3, 0.4) is 0 Å². The van der Waals surface area contributed by atoms with Crippen LogP contribution in [0.2, 0.25) is 0 Å². The summed E-state index contributed by atoms with van der Waals surface area (Å²) in [6.07, 6.45) is 5.85. The van der Waals surface area contributed by atoms with Gasteiger partial charge in [-0.15, -0.1) is 0 Å². The zero-order valence-corrected chi connectivity index (χ0v) is 17.0. The molecule has 0 bridgehead atoms. The Morgan fingerprint density at radius 1 is 1.07 bits per heavy atom. The summed E-state index contributed by atoms with van der Waals surface area (Å²) in [7, 11) is -3.51. The number of benzene rings is 2. The fraction of sp³-hybridized carbons (Fsp3) is 0.364. The smallest absolute Gasteiger partial charge is 0.240 e. The third-order valence-corrected chi connectivity index (χ3v) is 6.61. The van der Waals surface area contributed by atoms with Crippen LogP contribution < -0.4 is 10.0 Å². The van der Waals surface area contributed by atoms with E-state index in [4.69, 9.17) is 5.26 Å². The molecule has 0 unspecified atom stereocenters. The van der Waals surface area contributed by atoms with E-state index in [1.807, 2.05) is 6.07 Å². The number of hydrogen-bond donors (Lipinski definition) is 2. The number of amides is 1. The fourth-order valence-electron chi connectivity index (χ4n) is 3.49. The normalized spacial score (nSPS) is 14.9. The molecule has 0 radical (unpaired) electrons. The minimum absolute atomic E-state index is 0.0247.